The standard InChI is InChI=1S/C19H27F4N5.HI/c1-24-18(25-12-15-6-7-26(13-15)14-19(21,22)23)28-10-8-27(9-11-28)17-5-3-2-4-16(17)20;/h2-5,15H,6-14H2,1H3,(H,24,25);1H. The number of rotatable bonds is 4. The molecule has 164 valence electrons. The molecule has 5 nitrogen and oxygen atoms in total. The molecule has 1 N–H and O–H groups in total. The van der Waals surface area contributed by atoms with E-state index < -0.39 is 12.7 Å². The van der Waals surface area contributed by atoms with Gasteiger partial charge in [-0.1, -0.05) is 12.1 Å². The van der Waals surface area contributed by atoms with Crippen molar-refractivity contribution < 1.29 is 17.6 Å². The van der Waals surface area contributed by atoms with E-state index in [1.165, 1.54) is 11.0 Å². The van der Waals surface area contributed by atoms with Crippen LogP contribution in [0.5, 0.6) is 0 Å². The second-order valence-electron chi connectivity index (χ2n) is 7.36. The van der Waals surface area contributed by atoms with Gasteiger partial charge in [0.1, 0.15) is 5.82 Å². The van der Waals surface area contributed by atoms with E-state index in [1.807, 2.05) is 11.0 Å². The van der Waals surface area contributed by atoms with Crippen molar-refractivity contribution >= 4 is 35.6 Å². The zero-order chi connectivity index (χ0) is 20.1. The second-order valence-corrected chi connectivity index (χ2v) is 7.36. The van der Waals surface area contributed by atoms with E-state index in [9.17, 15) is 17.6 Å². The van der Waals surface area contributed by atoms with Gasteiger partial charge in [0, 0.05) is 46.3 Å². The van der Waals surface area contributed by atoms with Gasteiger partial charge in [-0.25, -0.2) is 4.39 Å². The van der Waals surface area contributed by atoms with Crippen molar-refractivity contribution in [1.29, 1.82) is 0 Å². The molecule has 0 spiro atoms. The summed E-state index contributed by atoms with van der Waals surface area (Å²) in [6.07, 6.45) is -3.39. The lowest BCUT2D eigenvalue weighted by molar-refractivity contribution is -0.143. The molecule has 0 saturated carbocycles. The molecule has 29 heavy (non-hydrogen) atoms. The summed E-state index contributed by atoms with van der Waals surface area (Å²) in [5.41, 5.74) is 0.612. The first-order valence-corrected chi connectivity index (χ1v) is 9.60. The van der Waals surface area contributed by atoms with Crippen LogP contribution in [0.1, 0.15) is 6.42 Å². The number of likely N-dealkylation sites (tertiary alicyclic amines) is 1. The molecule has 3 rings (SSSR count). The van der Waals surface area contributed by atoms with Gasteiger partial charge in [-0.05, 0) is 31.0 Å². The van der Waals surface area contributed by atoms with Crippen molar-refractivity contribution in [2.24, 2.45) is 10.9 Å². The summed E-state index contributed by atoms with van der Waals surface area (Å²) in [4.78, 5) is 9.90. The fourth-order valence-corrected chi connectivity index (χ4v) is 3.91. The number of hydrogen-bond acceptors (Lipinski definition) is 3. The SMILES string of the molecule is CN=C(NCC1CCN(CC(F)(F)F)C1)N1CCN(c2ccccc2F)CC1.I. The van der Waals surface area contributed by atoms with E-state index in [2.05, 4.69) is 15.2 Å². The van der Waals surface area contributed by atoms with Crippen molar-refractivity contribution in [3.05, 3.63) is 30.1 Å². The highest BCUT2D eigenvalue weighted by Crippen LogP contribution is 2.23. The lowest BCUT2D eigenvalue weighted by Gasteiger charge is -2.38. The van der Waals surface area contributed by atoms with Crippen LogP contribution >= 0.6 is 24.0 Å². The average Bonchev–Trinajstić information content (AvgIpc) is 3.09. The van der Waals surface area contributed by atoms with Crippen LogP contribution < -0.4 is 10.2 Å². The topological polar surface area (TPSA) is 34.1 Å². The Morgan fingerprint density at radius 1 is 1.14 bits per heavy atom. The third-order valence-electron chi connectivity index (χ3n) is 5.31. The van der Waals surface area contributed by atoms with E-state index in [4.69, 9.17) is 0 Å². The van der Waals surface area contributed by atoms with Gasteiger partial charge in [0.05, 0.1) is 12.2 Å². The lowest BCUT2D eigenvalue weighted by Crippen LogP contribution is -2.53. The molecular formula is C19H28F4IN5. The molecule has 0 amide bonds. The Morgan fingerprint density at radius 2 is 1.83 bits per heavy atom. The number of anilines is 1. The zero-order valence-electron chi connectivity index (χ0n) is 16.5. The van der Waals surface area contributed by atoms with Gasteiger partial charge in [0.25, 0.3) is 0 Å². The van der Waals surface area contributed by atoms with E-state index in [1.54, 1.807) is 19.2 Å². The Balaban J connectivity index is 0.00000300. The van der Waals surface area contributed by atoms with Gasteiger partial charge < -0.3 is 15.1 Å². The maximum absolute atomic E-state index is 14.0. The fraction of sp³-hybridized carbons (Fsp3) is 0.632. The molecule has 0 radical (unpaired) electrons. The molecule has 2 aliphatic rings. The maximum Gasteiger partial charge on any atom is 0.401 e. The summed E-state index contributed by atoms with van der Waals surface area (Å²) in [6, 6.07) is 6.76. The van der Waals surface area contributed by atoms with Crippen LogP contribution in [0.15, 0.2) is 29.3 Å². The number of para-hydroxylation sites is 1. The third-order valence-corrected chi connectivity index (χ3v) is 5.31. The number of piperazine rings is 1. The number of aliphatic imine (C=N–C) groups is 1. The van der Waals surface area contributed by atoms with E-state index in [0.717, 1.165) is 12.4 Å². The molecule has 0 aliphatic carbocycles. The zero-order valence-corrected chi connectivity index (χ0v) is 18.8. The van der Waals surface area contributed by atoms with Crippen LogP contribution in [0.4, 0.5) is 23.2 Å². The van der Waals surface area contributed by atoms with Gasteiger partial charge in [0.15, 0.2) is 5.96 Å². The van der Waals surface area contributed by atoms with Gasteiger partial charge in [-0.3, -0.25) is 9.89 Å². The Kier molecular flexibility index (Phi) is 8.80. The summed E-state index contributed by atoms with van der Waals surface area (Å²) in [7, 11) is 1.70. The van der Waals surface area contributed by atoms with Crippen LogP contribution in [-0.2, 0) is 0 Å². The number of nitrogens with one attached hydrogen (secondary N) is 1. The molecule has 1 unspecified atom stereocenters. The van der Waals surface area contributed by atoms with Crippen LogP contribution in [-0.4, -0.2) is 81.3 Å². The van der Waals surface area contributed by atoms with Gasteiger partial charge in [-0.2, -0.15) is 13.2 Å². The van der Waals surface area contributed by atoms with E-state index in [-0.39, 0.29) is 35.7 Å². The Morgan fingerprint density at radius 3 is 2.45 bits per heavy atom. The average molecular weight is 529 g/mol. The third kappa shape index (κ3) is 6.87. The smallest absolute Gasteiger partial charge is 0.366 e. The van der Waals surface area contributed by atoms with Crippen molar-refractivity contribution in [2.45, 2.75) is 12.6 Å². The number of benzene rings is 1. The molecule has 2 heterocycles. The van der Waals surface area contributed by atoms with Crippen molar-refractivity contribution in [2.75, 3.05) is 64.3 Å². The quantitative estimate of drug-likeness (QED) is 0.282. The second kappa shape index (κ2) is 10.6. The normalized spacial score (nSPS) is 21.3. The highest BCUT2D eigenvalue weighted by molar-refractivity contribution is 14.0. The summed E-state index contributed by atoms with van der Waals surface area (Å²) in [5.74, 6) is 0.712. The number of alkyl halides is 3. The Labute approximate surface area is 186 Å². The molecule has 1 aromatic carbocycles. The summed E-state index contributed by atoms with van der Waals surface area (Å²) >= 11 is 0. The van der Waals surface area contributed by atoms with Crippen molar-refractivity contribution in [1.82, 2.24) is 15.1 Å². The molecule has 0 bridgehead atoms. The van der Waals surface area contributed by atoms with Crippen molar-refractivity contribution in [3.63, 3.8) is 0 Å². The van der Waals surface area contributed by atoms with E-state index in [0.29, 0.717) is 51.5 Å². The largest absolute Gasteiger partial charge is 0.401 e. The molecule has 1 atom stereocenters. The maximum atomic E-state index is 14.0. The van der Waals surface area contributed by atoms with Crippen LogP contribution in [0, 0.1) is 11.7 Å². The predicted molar refractivity (Wildman–Crippen MR) is 118 cm³/mol. The summed E-state index contributed by atoms with van der Waals surface area (Å²) in [6.45, 7) is 3.48. The monoisotopic (exact) mass is 529 g/mol. The minimum Gasteiger partial charge on any atom is -0.366 e. The van der Waals surface area contributed by atoms with Crippen LogP contribution in [0.2, 0.25) is 0 Å². The predicted octanol–water partition coefficient (Wildman–Crippen LogP) is 3.03. The molecule has 0 aromatic heterocycles. The minimum atomic E-state index is -4.14. The van der Waals surface area contributed by atoms with Gasteiger partial charge in [-0.15, -0.1) is 24.0 Å². The Hall–Kier alpha value is -1.30. The van der Waals surface area contributed by atoms with Gasteiger partial charge >= 0.3 is 6.18 Å². The first-order chi connectivity index (χ1) is 13.4. The number of hydrogen-bond donors (Lipinski definition) is 1. The number of guanidine groups is 1. The highest BCUT2D eigenvalue weighted by Gasteiger charge is 2.34. The fourth-order valence-electron chi connectivity index (χ4n) is 3.91. The van der Waals surface area contributed by atoms with Crippen LogP contribution in [0.3, 0.4) is 0 Å². The first-order valence-electron chi connectivity index (χ1n) is 9.60. The Bertz CT molecular complexity index is 677. The van der Waals surface area contributed by atoms with Crippen molar-refractivity contribution in [3.8, 4) is 0 Å². The number of halogens is 5. The van der Waals surface area contributed by atoms with E-state index >= 15 is 0 Å². The van der Waals surface area contributed by atoms with Gasteiger partial charge in [0.2, 0.25) is 0 Å². The molecule has 10 heteroatoms. The lowest BCUT2D eigenvalue weighted by atomic mass is 10.1. The minimum absolute atomic E-state index is 0. The molecule has 2 aliphatic heterocycles. The highest BCUT2D eigenvalue weighted by atomic mass is 127. The summed E-state index contributed by atoms with van der Waals surface area (Å²) in [5, 5.41) is 3.31. The molecule has 2 saturated heterocycles. The number of nitrogens with zero attached hydrogens (tertiary/aromatic N) is 4. The van der Waals surface area contributed by atoms with Crippen LogP contribution in [0.25, 0.3) is 0 Å². The molecule has 1 aromatic rings. The molecule has 2 fully saturated rings. The first kappa shape index (κ1) is 24.0. The molecular weight excluding hydrogens is 501 g/mol. The summed E-state index contributed by atoms with van der Waals surface area (Å²) < 4.78 is 51.5.